The van der Waals surface area contributed by atoms with Crippen LogP contribution in [0.25, 0.3) is 10.9 Å². The molecule has 70 valence electrons. The fraction of sp³-hybridized carbons (Fsp3) is 0. The van der Waals surface area contributed by atoms with Crippen molar-refractivity contribution in [1.29, 1.82) is 0 Å². The van der Waals surface area contributed by atoms with E-state index < -0.39 is 16.4 Å². The Morgan fingerprint density at radius 3 is 2.86 bits per heavy atom. The Morgan fingerprint density at radius 1 is 1.36 bits per heavy atom. The number of nitro groups is 1. The number of hydrogen-bond acceptors (Lipinski definition) is 3. The number of benzene rings is 1. The van der Waals surface area contributed by atoms with Crippen LogP contribution < -0.4 is 0 Å². The number of hydrogen-bond donors (Lipinski definition) is 0. The van der Waals surface area contributed by atoms with E-state index in [9.17, 15) is 14.5 Å². The zero-order valence-electron chi connectivity index (χ0n) is 6.98. The van der Waals surface area contributed by atoms with Crippen LogP contribution in [0.3, 0.4) is 0 Å². The highest BCUT2D eigenvalue weighted by Gasteiger charge is 2.18. The standard InChI is InChI=1S/C9H5FN2O2/c10-7-3-4-8-6(2-1-5-11-8)9(7)12(13)14/h1-5H. The largest absolute Gasteiger partial charge is 0.314 e. The molecule has 0 aliphatic heterocycles. The molecule has 5 heteroatoms. The van der Waals surface area contributed by atoms with E-state index in [1.165, 1.54) is 24.4 Å². The molecule has 0 bridgehead atoms. The first kappa shape index (κ1) is 8.55. The lowest BCUT2D eigenvalue weighted by atomic mass is 10.2. The Balaban J connectivity index is 2.90. The molecule has 0 saturated heterocycles. The summed E-state index contributed by atoms with van der Waals surface area (Å²) in [5.74, 6) is -0.838. The number of rotatable bonds is 1. The molecule has 2 aromatic rings. The molecular formula is C9H5FN2O2. The van der Waals surface area contributed by atoms with Crippen LogP contribution >= 0.6 is 0 Å². The number of nitrogens with zero attached hydrogens (tertiary/aromatic N) is 2. The number of halogens is 1. The van der Waals surface area contributed by atoms with Crippen molar-refractivity contribution in [3.05, 3.63) is 46.4 Å². The van der Waals surface area contributed by atoms with Crippen LogP contribution in [0.4, 0.5) is 10.1 Å². The summed E-state index contributed by atoms with van der Waals surface area (Å²) < 4.78 is 13.1. The quantitative estimate of drug-likeness (QED) is 0.514. The Labute approximate surface area is 78.2 Å². The molecule has 0 N–H and O–H groups in total. The van der Waals surface area contributed by atoms with Gasteiger partial charge in [0.05, 0.1) is 15.8 Å². The Morgan fingerprint density at radius 2 is 2.14 bits per heavy atom. The fourth-order valence-corrected chi connectivity index (χ4v) is 1.30. The van der Waals surface area contributed by atoms with Crippen molar-refractivity contribution in [2.45, 2.75) is 0 Å². The van der Waals surface area contributed by atoms with Crippen LogP contribution in [0, 0.1) is 15.9 Å². The summed E-state index contributed by atoms with van der Waals surface area (Å²) in [4.78, 5) is 13.7. The summed E-state index contributed by atoms with van der Waals surface area (Å²) in [7, 11) is 0. The number of pyridine rings is 1. The van der Waals surface area contributed by atoms with E-state index in [4.69, 9.17) is 0 Å². The molecule has 0 fully saturated rings. The molecule has 1 aromatic heterocycles. The highest BCUT2D eigenvalue weighted by atomic mass is 19.1. The van der Waals surface area contributed by atoms with Gasteiger partial charge in [-0.3, -0.25) is 15.1 Å². The molecule has 0 aliphatic carbocycles. The third-order valence-corrected chi connectivity index (χ3v) is 1.89. The Bertz CT molecular complexity index is 513. The van der Waals surface area contributed by atoms with Gasteiger partial charge in [0.15, 0.2) is 0 Å². The molecule has 0 radical (unpaired) electrons. The lowest BCUT2D eigenvalue weighted by molar-refractivity contribution is -0.385. The average Bonchev–Trinajstić information content (AvgIpc) is 2.17. The van der Waals surface area contributed by atoms with Crippen LogP contribution in [-0.4, -0.2) is 9.91 Å². The van der Waals surface area contributed by atoms with E-state index in [-0.39, 0.29) is 5.39 Å². The third kappa shape index (κ3) is 1.19. The Hall–Kier alpha value is -2.04. The fourth-order valence-electron chi connectivity index (χ4n) is 1.30. The van der Waals surface area contributed by atoms with E-state index in [2.05, 4.69) is 4.98 Å². The van der Waals surface area contributed by atoms with Gasteiger partial charge in [-0.2, -0.15) is 4.39 Å². The van der Waals surface area contributed by atoms with Crippen molar-refractivity contribution < 1.29 is 9.31 Å². The first-order valence-electron chi connectivity index (χ1n) is 3.88. The molecule has 14 heavy (non-hydrogen) atoms. The van der Waals surface area contributed by atoms with Gasteiger partial charge in [-0.05, 0) is 24.3 Å². The van der Waals surface area contributed by atoms with Crippen molar-refractivity contribution in [3.8, 4) is 0 Å². The Kier molecular flexibility index (Phi) is 1.85. The van der Waals surface area contributed by atoms with Crippen LogP contribution in [0.15, 0.2) is 30.5 Å². The molecule has 1 heterocycles. The highest BCUT2D eigenvalue weighted by molar-refractivity contribution is 5.87. The van der Waals surface area contributed by atoms with Gasteiger partial charge in [0.1, 0.15) is 0 Å². The SMILES string of the molecule is O=[N+]([O-])c1c(F)ccc2ncccc12. The van der Waals surface area contributed by atoms with Crippen LogP contribution in [0.2, 0.25) is 0 Å². The smallest absolute Gasteiger partial charge is 0.258 e. The van der Waals surface area contributed by atoms with Gasteiger partial charge in [0.2, 0.25) is 5.82 Å². The molecule has 1 aromatic carbocycles. The maximum absolute atomic E-state index is 13.1. The van der Waals surface area contributed by atoms with E-state index in [1.54, 1.807) is 0 Å². The third-order valence-electron chi connectivity index (χ3n) is 1.89. The van der Waals surface area contributed by atoms with Gasteiger partial charge in [-0.15, -0.1) is 0 Å². The van der Waals surface area contributed by atoms with Crippen molar-refractivity contribution >= 4 is 16.6 Å². The highest BCUT2D eigenvalue weighted by Crippen LogP contribution is 2.26. The van der Waals surface area contributed by atoms with Gasteiger partial charge in [0, 0.05) is 6.20 Å². The minimum absolute atomic E-state index is 0.220. The van der Waals surface area contributed by atoms with Gasteiger partial charge >= 0.3 is 5.69 Å². The zero-order chi connectivity index (χ0) is 10.1. The summed E-state index contributed by atoms with van der Waals surface area (Å²) in [6, 6.07) is 5.48. The topological polar surface area (TPSA) is 56.0 Å². The van der Waals surface area contributed by atoms with E-state index in [0.29, 0.717) is 5.52 Å². The van der Waals surface area contributed by atoms with Gasteiger partial charge in [-0.25, -0.2) is 0 Å². The summed E-state index contributed by atoms with van der Waals surface area (Å²) in [5.41, 5.74) is -0.101. The van der Waals surface area contributed by atoms with Gasteiger partial charge in [0.25, 0.3) is 0 Å². The lowest BCUT2D eigenvalue weighted by Crippen LogP contribution is -1.94. The predicted molar refractivity (Wildman–Crippen MR) is 48.4 cm³/mol. The normalized spacial score (nSPS) is 10.4. The van der Waals surface area contributed by atoms with Gasteiger partial charge < -0.3 is 0 Å². The summed E-state index contributed by atoms with van der Waals surface area (Å²) in [6.07, 6.45) is 1.50. The van der Waals surface area contributed by atoms with E-state index in [1.807, 2.05) is 0 Å². The second-order valence-corrected chi connectivity index (χ2v) is 2.72. The average molecular weight is 192 g/mol. The molecule has 0 aliphatic rings. The number of aromatic nitrogens is 1. The minimum Gasteiger partial charge on any atom is -0.258 e. The van der Waals surface area contributed by atoms with Crippen molar-refractivity contribution in [3.63, 3.8) is 0 Å². The van der Waals surface area contributed by atoms with Crippen molar-refractivity contribution in [2.75, 3.05) is 0 Å². The minimum atomic E-state index is -0.838. The van der Waals surface area contributed by atoms with Crippen LogP contribution in [0.5, 0.6) is 0 Å². The maximum atomic E-state index is 13.1. The first-order chi connectivity index (χ1) is 6.70. The first-order valence-corrected chi connectivity index (χ1v) is 3.88. The molecule has 2 rings (SSSR count). The van der Waals surface area contributed by atoms with Gasteiger partial charge in [-0.1, -0.05) is 0 Å². The summed E-state index contributed by atoms with van der Waals surface area (Å²) in [6.45, 7) is 0. The second kappa shape index (κ2) is 3.02. The molecular weight excluding hydrogens is 187 g/mol. The number of fused-ring (bicyclic) bond motifs is 1. The molecule has 0 spiro atoms. The summed E-state index contributed by atoms with van der Waals surface area (Å²) in [5, 5.41) is 10.8. The molecule has 0 amide bonds. The van der Waals surface area contributed by atoms with E-state index >= 15 is 0 Å². The van der Waals surface area contributed by atoms with Crippen LogP contribution in [-0.2, 0) is 0 Å². The monoisotopic (exact) mass is 192 g/mol. The second-order valence-electron chi connectivity index (χ2n) is 2.72. The lowest BCUT2D eigenvalue weighted by Gasteiger charge is -1.98. The number of nitro benzene ring substituents is 1. The van der Waals surface area contributed by atoms with E-state index in [0.717, 1.165) is 6.07 Å². The predicted octanol–water partition coefficient (Wildman–Crippen LogP) is 2.28. The molecule has 0 unspecified atom stereocenters. The van der Waals surface area contributed by atoms with Crippen molar-refractivity contribution in [1.82, 2.24) is 4.98 Å². The summed E-state index contributed by atoms with van der Waals surface area (Å²) >= 11 is 0. The zero-order valence-corrected chi connectivity index (χ0v) is 6.98. The maximum Gasteiger partial charge on any atom is 0.314 e. The molecule has 0 saturated carbocycles. The van der Waals surface area contributed by atoms with Crippen molar-refractivity contribution in [2.24, 2.45) is 0 Å². The van der Waals surface area contributed by atoms with Crippen LogP contribution in [0.1, 0.15) is 0 Å². The molecule has 0 atom stereocenters. The molecule has 4 nitrogen and oxygen atoms in total.